The van der Waals surface area contributed by atoms with Crippen molar-refractivity contribution in [2.24, 2.45) is 16.2 Å². The van der Waals surface area contributed by atoms with Crippen LogP contribution in [0, 0.1) is 16.2 Å². The number of nitrogens with zero attached hydrogens (tertiary/aromatic N) is 4. The van der Waals surface area contributed by atoms with Gasteiger partial charge >= 0.3 is 0 Å². The molecule has 4 fully saturated rings. The van der Waals surface area contributed by atoms with Gasteiger partial charge in [-0.05, 0) is 29.7 Å². The van der Waals surface area contributed by atoms with E-state index in [1.165, 1.54) is 0 Å². The fraction of sp³-hybridized carbons (Fsp3) is 0.722. The summed E-state index contributed by atoms with van der Waals surface area (Å²) in [5, 5.41) is 0. The molecular weight excluding hydrogens is 368 g/mol. The van der Waals surface area contributed by atoms with Crippen molar-refractivity contribution in [1.82, 2.24) is 14.9 Å². The number of hydrogen-bond acceptors (Lipinski definition) is 4. The normalized spacial score (nSPS) is 37.2. The van der Waals surface area contributed by atoms with Crippen LogP contribution in [0.3, 0.4) is 0 Å². The van der Waals surface area contributed by atoms with Gasteiger partial charge in [0.1, 0.15) is 0 Å². The molecule has 5 nitrogen and oxygen atoms in total. The number of carbonyl (C=O) groups is 1. The highest BCUT2D eigenvalue weighted by Gasteiger charge is 2.80. The van der Waals surface area contributed by atoms with E-state index in [9.17, 15) is 4.79 Å². The second-order valence-electron chi connectivity index (χ2n) is 8.20. The monoisotopic (exact) mass is 392 g/mol. The van der Waals surface area contributed by atoms with Gasteiger partial charge in [0.15, 0.2) is 0 Å². The van der Waals surface area contributed by atoms with Crippen LogP contribution in [0.25, 0.3) is 0 Å². The van der Waals surface area contributed by atoms with E-state index in [2.05, 4.69) is 56.5 Å². The molecule has 0 aromatic carbocycles. The summed E-state index contributed by atoms with van der Waals surface area (Å²) in [5.41, 5.74) is 0.0699. The minimum Gasteiger partial charge on any atom is -0.339 e. The fourth-order valence-electron chi connectivity index (χ4n) is 5.27. The lowest BCUT2D eigenvalue weighted by molar-refractivity contribution is -0.173. The van der Waals surface area contributed by atoms with Gasteiger partial charge in [-0.2, -0.15) is 0 Å². The Labute approximate surface area is 152 Å². The van der Waals surface area contributed by atoms with Crippen molar-refractivity contribution in [1.29, 1.82) is 0 Å². The second kappa shape index (κ2) is 5.16. The van der Waals surface area contributed by atoms with Crippen LogP contribution in [0.15, 0.2) is 18.5 Å². The molecule has 1 amide bonds. The maximum atomic E-state index is 13.4. The Morgan fingerprint density at radius 3 is 2.25 bits per heavy atom. The van der Waals surface area contributed by atoms with Crippen molar-refractivity contribution in [3.05, 3.63) is 18.5 Å². The van der Waals surface area contributed by atoms with Crippen molar-refractivity contribution in [3.8, 4) is 0 Å². The van der Waals surface area contributed by atoms with Gasteiger partial charge in [0.25, 0.3) is 0 Å². The van der Waals surface area contributed by atoms with Gasteiger partial charge < -0.3 is 9.80 Å². The Hall–Kier alpha value is -1.17. The highest BCUT2D eigenvalue weighted by molar-refractivity contribution is 9.09. The third kappa shape index (κ3) is 1.78. The van der Waals surface area contributed by atoms with Gasteiger partial charge in [-0.15, -0.1) is 0 Å². The van der Waals surface area contributed by atoms with Crippen molar-refractivity contribution < 1.29 is 4.79 Å². The van der Waals surface area contributed by atoms with Crippen LogP contribution in [0.2, 0.25) is 0 Å². The SMILES string of the molecule is CC12CCC(C(=O)N3CCN(c4ncccn4)CC3)(C1Br)C2(C)C. The lowest BCUT2D eigenvalue weighted by atomic mass is 9.43. The van der Waals surface area contributed by atoms with Gasteiger partial charge in [0.2, 0.25) is 11.9 Å². The van der Waals surface area contributed by atoms with Gasteiger partial charge in [-0.3, -0.25) is 4.79 Å². The molecule has 0 spiro atoms. The topological polar surface area (TPSA) is 49.3 Å². The average molecular weight is 393 g/mol. The highest BCUT2D eigenvalue weighted by atomic mass is 79.9. The first-order chi connectivity index (χ1) is 11.3. The van der Waals surface area contributed by atoms with Crippen LogP contribution in [-0.2, 0) is 4.79 Å². The van der Waals surface area contributed by atoms with Crippen LogP contribution in [-0.4, -0.2) is 51.8 Å². The van der Waals surface area contributed by atoms with Crippen LogP contribution < -0.4 is 4.90 Å². The molecule has 1 aromatic heterocycles. The molecule has 3 atom stereocenters. The summed E-state index contributed by atoms with van der Waals surface area (Å²) in [5.74, 6) is 1.11. The lowest BCUT2D eigenvalue weighted by Gasteiger charge is -2.65. The zero-order valence-corrected chi connectivity index (χ0v) is 16.2. The molecule has 3 aliphatic carbocycles. The number of aromatic nitrogens is 2. The summed E-state index contributed by atoms with van der Waals surface area (Å²) < 4.78 is 0. The fourth-order valence-corrected chi connectivity index (χ4v) is 7.07. The van der Waals surface area contributed by atoms with Crippen molar-refractivity contribution >= 4 is 27.8 Å². The Morgan fingerprint density at radius 1 is 1.12 bits per heavy atom. The van der Waals surface area contributed by atoms with Gasteiger partial charge in [0, 0.05) is 43.4 Å². The third-order valence-corrected chi connectivity index (χ3v) is 9.15. The number of fused-ring (bicyclic) bond motifs is 1. The summed E-state index contributed by atoms with van der Waals surface area (Å²) >= 11 is 3.88. The number of alkyl halides is 1. The molecule has 0 radical (unpaired) electrons. The quantitative estimate of drug-likeness (QED) is 0.725. The minimum absolute atomic E-state index is 0.0604. The number of amides is 1. The van der Waals surface area contributed by atoms with Crippen molar-refractivity contribution in [3.63, 3.8) is 0 Å². The zero-order chi connectivity index (χ0) is 17.2. The predicted octanol–water partition coefficient (Wildman–Crippen LogP) is 2.72. The summed E-state index contributed by atoms with van der Waals surface area (Å²) in [7, 11) is 0. The molecule has 1 aliphatic heterocycles. The van der Waals surface area contributed by atoms with Crippen LogP contribution in [0.5, 0.6) is 0 Å². The first-order valence-electron chi connectivity index (χ1n) is 8.80. The largest absolute Gasteiger partial charge is 0.339 e. The molecule has 3 saturated carbocycles. The Kier molecular flexibility index (Phi) is 3.51. The number of rotatable bonds is 2. The first-order valence-corrected chi connectivity index (χ1v) is 9.71. The second-order valence-corrected chi connectivity index (χ2v) is 9.12. The van der Waals surface area contributed by atoms with Crippen molar-refractivity contribution in [2.45, 2.75) is 38.4 Å². The molecule has 6 heteroatoms. The summed E-state index contributed by atoms with van der Waals surface area (Å²) in [6, 6.07) is 1.83. The molecule has 1 saturated heterocycles. The number of anilines is 1. The number of halogens is 1. The predicted molar refractivity (Wildman–Crippen MR) is 97.1 cm³/mol. The van der Waals surface area contributed by atoms with E-state index < -0.39 is 0 Å². The van der Waals surface area contributed by atoms with E-state index in [0.29, 0.717) is 10.7 Å². The Balaban J connectivity index is 1.48. The standard InChI is InChI=1S/C18H25BrN4O/c1-16(2)17(3)5-6-18(16,13(17)19)14(24)22-9-11-23(12-10-22)15-20-7-4-8-21-15/h4,7-8,13H,5-6,9-12H2,1-3H3. The molecule has 4 aliphatic rings. The van der Waals surface area contributed by atoms with E-state index >= 15 is 0 Å². The van der Waals surface area contributed by atoms with E-state index in [0.717, 1.165) is 45.0 Å². The van der Waals surface area contributed by atoms with Crippen LogP contribution in [0.1, 0.15) is 33.6 Å². The molecule has 2 heterocycles. The molecule has 2 bridgehead atoms. The van der Waals surface area contributed by atoms with Crippen LogP contribution in [0.4, 0.5) is 5.95 Å². The third-order valence-electron chi connectivity index (χ3n) is 7.36. The Morgan fingerprint density at radius 2 is 1.75 bits per heavy atom. The minimum atomic E-state index is -0.229. The zero-order valence-electron chi connectivity index (χ0n) is 14.6. The summed E-state index contributed by atoms with van der Waals surface area (Å²) in [6.45, 7) is 10.0. The molecule has 5 rings (SSSR count). The summed E-state index contributed by atoms with van der Waals surface area (Å²) in [6.07, 6.45) is 5.68. The smallest absolute Gasteiger partial charge is 0.230 e. The van der Waals surface area contributed by atoms with E-state index in [-0.39, 0.29) is 16.2 Å². The molecule has 1 aromatic rings. The van der Waals surface area contributed by atoms with E-state index in [1.807, 2.05) is 6.07 Å². The Bertz CT molecular complexity index is 658. The highest BCUT2D eigenvalue weighted by Crippen LogP contribution is 2.80. The number of hydrogen-bond donors (Lipinski definition) is 0. The lowest BCUT2D eigenvalue weighted by Crippen LogP contribution is -2.70. The summed E-state index contributed by atoms with van der Waals surface area (Å²) in [4.78, 5) is 26.6. The molecule has 0 N–H and O–H groups in total. The molecule has 24 heavy (non-hydrogen) atoms. The average Bonchev–Trinajstić information content (AvgIpc) is 3.02. The number of piperazine rings is 1. The van der Waals surface area contributed by atoms with E-state index in [4.69, 9.17) is 0 Å². The first kappa shape index (κ1) is 16.3. The van der Waals surface area contributed by atoms with E-state index in [1.54, 1.807) is 12.4 Å². The van der Waals surface area contributed by atoms with Crippen molar-refractivity contribution in [2.75, 3.05) is 31.1 Å². The van der Waals surface area contributed by atoms with Gasteiger partial charge in [-0.25, -0.2) is 9.97 Å². The van der Waals surface area contributed by atoms with Crippen LogP contribution >= 0.6 is 15.9 Å². The molecule has 3 unspecified atom stereocenters. The van der Waals surface area contributed by atoms with Gasteiger partial charge in [-0.1, -0.05) is 36.7 Å². The molecule has 130 valence electrons. The maximum absolute atomic E-state index is 13.4. The van der Waals surface area contributed by atoms with Gasteiger partial charge in [0.05, 0.1) is 5.41 Å². The maximum Gasteiger partial charge on any atom is 0.230 e. The number of carbonyl (C=O) groups excluding carboxylic acids is 1. The molecular formula is C18H25BrN4O.